The standard InChI is InChI=1S/C14H21NO4/c1-9(14(16)17)7-12(15-2)11-8-10(18-3)5-6-13(11)19-4/h5-6,8-9,12,15H,7H2,1-4H3,(H,16,17). The molecule has 2 unspecified atom stereocenters. The van der Waals surface area contributed by atoms with Crippen LogP contribution in [0.5, 0.6) is 11.5 Å². The summed E-state index contributed by atoms with van der Waals surface area (Å²) in [6.45, 7) is 1.69. The summed E-state index contributed by atoms with van der Waals surface area (Å²) in [7, 11) is 5.00. The number of hydrogen-bond acceptors (Lipinski definition) is 4. The van der Waals surface area contributed by atoms with Crippen LogP contribution in [0.15, 0.2) is 18.2 Å². The highest BCUT2D eigenvalue weighted by Crippen LogP contribution is 2.32. The molecular formula is C14H21NO4. The number of carboxylic acid groups (broad SMARTS) is 1. The molecule has 0 saturated carbocycles. The van der Waals surface area contributed by atoms with Gasteiger partial charge >= 0.3 is 5.97 Å². The number of ether oxygens (including phenoxy) is 2. The third-order valence-corrected chi connectivity index (χ3v) is 3.17. The van der Waals surface area contributed by atoms with Crippen LogP contribution in [-0.4, -0.2) is 32.3 Å². The minimum absolute atomic E-state index is 0.101. The third-order valence-electron chi connectivity index (χ3n) is 3.17. The lowest BCUT2D eigenvalue weighted by Crippen LogP contribution is -2.23. The van der Waals surface area contributed by atoms with E-state index in [0.717, 1.165) is 17.1 Å². The molecule has 0 saturated heterocycles. The van der Waals surface area contributed by atoms with Crippen molar-refractivity contribution >= 4 is 5.97 Å². The fourth-order valence-electron chi connectivity index (χ4n) is 1.97. The summed E-state index contributed by atoms with van der Waals surface area (Å²) in [5.74, 6) is 0.201. The van der Waals surface area contributed by atoms with Crippen LogP contribution in [0.25, 0.3) is 0 Å². The van der Waals surface area contributed by atoms with E-state index in [1.165, 1.54) is 0 Å². The summed E-state index contributed by atoms with van der Waals surface area (Å²) in [4.78, 5) is 11.0. The maximum Gasteiger partial charge on any atom is 0.306 e. The van der Waals surface area contributed by atoms with Gasteiger partial charge in [0.15, 0.2) is 0 Å². The second-order valence-electron chi connectivity index (χ2n) is 4.42. The van der Waals surface area contributed by atoms with Crippen LogP contribution in [0, 0.1) is 5.92 Å². The average molecular weight is 267 g/mol. The molecule has 5 heteroatoms. The maximum absolute atomic E-state index is 11.0. The fourth-order valence-corrected chi connectivity index (χ4v) is 1.97. The SMILES string of the molecule is CNC(CC(C)C(=O)O)c1cc(OC)ccc1OC. The quantitative estimate of drug-likeness (QED) is 0.791. The molecule has 0 fully saturated rings. The molecule has 1 aromatic rings. The van der Waals surface area contributed by atoms with Crippen molar-refractivity contribution in [3.63, 3.8) is 0 Å². The molecule has 0 bridgehead atoms. The van der Waals surface area contributed by atoms with Crippen molar-refractivity contribution in [3.8, 4) is 11.5 Å². The van der Waals surface area contributed by atoms with Crippen LogP contribution < -0.4 is 14.8 Å². The molecular weight excluding hydrogens is 246 g/mol. The second-order valence-corrected chi connectivity index (χ2v) is 4.42. The number of hydrogen-bond donors (Lipinski definition) is 2. The van der Waals surface area contributed by atoms with Gasteiger partial charge in [-0.2, -0.15) is 0 Å². The van der Waals surface area contributed by atoms with Crippen LogP contribution >= 0.6 is 0 Å². The molecule has 0 heterocycles. The van der Waals surface area contributed by atoms with Gasteiger partial charge in [-0.25, -0.2) is 0 Å². The minimum Gasteiger partial charge on any atom is -0.497 e. The Morgan fingerprint density at radius 3 is 2.53 bits per heavy atom. The molecule has 1 rings (SSSR count). The first-order valence-corrected chi connectivity index (χ1v) is 6.15. The Morgan fingerprint density at radius 1 is 1.37 bits per heavy atom. The first-order valence-electron chi connectivity index (χ1n) is 6.15. The Labute approximate surface area is 113 Å². The van der Waals surface area contributed by atoms with E-state index in [1.54, 1.807) is 28.2 Å². The summed E-state index contributed by atoms with van der Waals surface area (Å²) in [6, 6.07) is 5.41. The summed E-state index contributed by atoms with van der Waals surface area (Å²) in [5.41, 5.74) is 0.900. The van der Waals surface area contributed by atoms with Crippen molar-refractivity contribution in [3.05, 3.63) is 23.8 Å². The zero-order chi connectivity index (χ0) is 14.4. The molecule has 19 heavy (non-hydrogen) atoms. The van der Waals surface area contributed by atoms with Crippen molar-refractivity contribution in [2.75, 3.05) is 21.3 Å². The van der Waals surface area contributed by atoms with Gasteiger partial charge in [0.2, 0.25) is 0 Å². The van der Waals surface area contributed by atoms with Crippen molar-refractivity contribution in [2.24, 2.45) is 5.92 Å². The number of carbonyl (C=O) groups is 1. The second kappa shape index (κ2) is 6.99. The minimum atomic E-state index is -0.804. The lowest BCUT2D eigenvalue weighted by Gasteiger charge is -2.21. The van der Waals surface area contributed by atoms with Gasteiger partial charge in [-0.1, -0.05) is 6.92 Å². The molecule has 5 nitrogen and oxygen atoms in total. The van der Waals surface area contributed by atoms with Crippen LogP contribution in [0.4, 0.5) is 0 Å². The molecule has 0 aliphatic rings. The van der Waals surface area contributed by atoms with Gasteiger partial charge in [0.25, 0.3) is 0 Å². The Kier molecular flexibility index (Phi) is 5.63. The van der Waals surface area contributed by atoms with Gasteiger partial charge in [0.1, 0.15) is 11.5 Å². The third kappa shape index (κ3) is 3.86. The van der Waals surface area contributed by atoms with E-state index in [2.05, 4.69) is 5.32 Å². The van der Waals surface area contributed by atoms with E-state index in [-0.39, 0.29) is 6.04 Å². The number of carboxylic acids is 1. The Morgan fingerprint density at radius 2 is 2.05 bits per heavy atom. The molecule has 0 spiro atoms. The van der Waals surface area contributed by atoms with Gasteiger partial charge in [-0.3, -0.25) is 4.79 Å². The predicted octanol–water partition coefficient (Wildman–Crippen LogP) is 2.08. The first kappa shape index (κ1) is 15.3. The van der Waals surface area contributed by atoms with Gasteiger partial charge in [0.05, 0.1) is 20.1 Å². The van der Waals surface area contributed by atoms with E-state index >= 15 is 0 Å². The Balaban J connectivity index is 3.04. The summed E-state index contributed by atoms with van der Waals surface area (Å²) in [5, 5.41) is 12.1. The number of methoxy groups -OCH3 is 2. The monoisotopic (exact) mass is 267 g/mol. The highest BCUT2D eigenvalue weighted by Gasteiger charge is 2.21. The molecule has 0 radical (unpaired) electrons. The molecule has 0 amide bonds. The zero-order valence-corrected chi connectivity index (χ0v) is 11.8. The van der Waals surface area contributed by atoms with Crippen molar-refractivity contribution in [1.29, 1.82) is 0 Å². The predicted molar refractivity (Wildman–Crippen MR) is 72.8 cm³/mol. The fraction of sp³-hybridized carbons (Fsp3) is 0.500. The van der Waals surface area contributed by atoms with E-state index in [9.17, 15) is 4.79 Å². The highest BCUT2D eigenvalue weighted by atomic mass is 16.5. The van der Waals surface area contributed by atoms with Crippen LogP contribution in [-0.2, 0) is 4.79 Å². The van der Waals surface area contributed by atoms with Crippen LogP contribution in [0.2, 0.25) is 0 Å². The molecule has 0 aliphatic heterocycles. The molecule has 0 aromatic heterocycles. The van der Waals surface area contributed by atoms with E-state index in [4.69, 9.17) is 14.6 Å². The van der Waals surface area contributed by atoms with Crippen molar-refractivity contribution in [2.45, 2.75) is 19.4 Å². The normalized spacial score (nSPS) is 13.7. The van der Waals surface area contributed by atoms with E-state index < -0.39 is 11.9 Å². The maximum atomic E-state index is 11.0. The van der Waals surface area contributed by atoms with Gasteiger partial charge in [-0.15, -0.1) is 0 Å². The lowest BCUT2D eigenvalue weighted by atomic mass is 9.95. The number of aliphatic carboxylic acids is 1. The summed E-state index contributed by atoms with van der Waals surface area (Å²) < 4.78 is 10.5. The number of rotatable bonds is 7. The number of nitrogens with one attached hydrogen (secondary N) is 1. The van der Waals surface area contributed by atoms with Gasteiger partial charge in [0, 0.05) is 11.6 Å². The van der Waals surface area contributed by atoms with Crippen molar-refractivity contribution < 1.29 is 19.4 Å². The molecule has 106 valence electrons. The van der Waals surface area contributed by atoms with E-state index in [0.29, 0.717) is 6.42 Å². The Hall–Kier alpha value is -1.75. The first-order chi connectivity index (χ1) is 9.03. The van der Waals surface area contributed by atoms with Crippen molar-refractivity contribution in [1.82, 2.24) is 5.32 Å². The molecule has 0 aliphatic carbocycles. The summed E-state index contributed by atoms with van der Waals surface area (Å²) in [6.07, 6.45) is 0.482. The van der Waals surface area contributed by atoms with E-state index in [1.807, 2.05) is 18.2 Å². The topological polar surface area (TPSA) is 67.8 Å². The molecule has 1 aromatic carbocycles. The molecule has 2 N–H and O–H groups in total. The number of benzene rings is 1. The average Bonchev–Trinajstić information content (AvgIpc) is 2.43. The van der Waals surface area contributed by atoms with Crippen LogP contribution in [0.1, 0.15) is 24.9 Å². The molecule has 2 atom stereocenters. The lowest BCUT2D eigenvalue weighted by molar-refractivity contribution is -0.141. The Bertz CT molecular complexity index is 433. The summed E-state index contributed by atoms with van der Waals surface area (Å²) >= 11 is 0. The smallest absolute Gasteiger partial charge is 0.306 e. The largest absolute Gasteiger partial charge is 0.497 e. The van der Waals surface area contributed by atoms with Gasteiger partial charge in [-0.05, 0) is 31.7 Å². The van der Waals surface area contributed by atoms with Crippen LogP contribution in [0.3, 0.4) is 0 Å². The highest BCUT2D eigenvalue weighted by molar-refractivity contribution is 5.69. The van der Waals surface area contributed by atoms with Gasteiger partial charge < -0.3 is 19.9 Å². The zero-order valence-electron chi connectivity index (χ0n) is 11.8.